The van der Waals surface area contributed by atoms with Crippen molar-refractivity contribution >= 4 is 29.3 Å². The normalized spacial score (nSPS) is 16.0. The van der Waals surface area contributed by atoms with E-state index in [9.17, 15) is 14.4 Å². The number of carbonyl (C=O) groups is 3. The van der Waals surface area contributed by atoms with Gasteiger partial charge in [-0.25, -0.2) is 0 Å². The summed E-state index contributed by atoms with van der Waals surface area (Å²) < 4.78 is 0. The Kier molecular flexibility index (Phi) is 7.45. The first kappa shape index (κ1) is 20.2. The van der Waals surface area contributed by atoms with Crippen molar-refractivity contribution in [2.75, 3.05) is 19.6 Å². The van der Waals surface area contributed by atoms with Crippen molar-refractivity contribution in [3.05, 3.63) is 34.9 Å². The first-order valence-corrected chi connectivity index (χ1v) is 9.42. The van der Waals surface area contributed by atoms with Crippen molar-refractivity contribution < 1.29 is 14.4 Å². The molecule has 1 fully saturated rings. The molecule has 1 aliphatic rings. The largest absolute Gasteiger partial charge is 0.345 e. The summed E-state index contributed by atoms with van der Waals surface area (Å²) in [4.78, 5) is 38.8. The average Bonchev–Trinajstić information content (AvgIpc) is 3.18. The van der Waals surface area contributed by atoms with Crippen LogP contribution in [0.3, 0.4) is 0 Å². The van der Waals surface area contributed by atoms with Crippen molar-refractivity contribution in [3.8, 4) is 0 Å². The monoisotopic (exact) mass is 379 g/mol. The van der Waals surface area contributed by atoms with Crippen LogP contribution in [-0.4, -0.2) is 48.3 Å². The van der Waals surface area contributed by atoms with E-state index in [1.165, 1.54) is 0 Å². The summed E-state index contributed by atoms with van der Waals surface area (Å²) >= 11 is 5.84. The number of hydrogen-bond donors (Lipinski definition) is 2. The van der Waals surface area contributed by atoms with Crippen LogP contribution in [0.15, 0.2) is 24.3 Å². The summed E-state index contributed by atoms with van der Waals surface area (Å²) in [7, 11) is 0. The van der Waals surface area contributed by atoms with Gasteiger partial charge in [-0.2, -0.15) is 0 Å². The van der Waals surface area contributed by atoms with Crippen molar-refractivity contribution in [1.82, 2.24) is 15.5 Å². The number of hydrogen-bond acceptors (Lipinski definition) is 3. The zero-order valence-electron chi connectivity index (χ0n) is 15.3. The lowest BCUT2D eigenvalue weighted by atomic mass is 9.98. The molecule has 1 aromatic rings. The second-order valence-electron chi connectivity index (χ2n) is 6.65. The van der Waals surface area contributed by atoms with Gasteiger partial charge in [-0.3, -0.25) is 14.4 Å². The Morgan fingerprint density at radius 2 is 1.77 bits per heavy atom. The molecule has 0 bridgehead atoms. The van der Waals surface area contributed by atoms with Gasteiger partial charge in [0.1, 0.15) is 6.04 Å². The topological polar surface area (TPSA) is 78.5 Å². The van der Waals surface area contributed by atoms with Gasteiger partial charge in [0, 0.05) is 23.7 Å². The number of nitrogens with one attached hydrogen (secondary N) is 2. The van der Waals surface area contributed by atoms with Gasteiger partial charge in [0.05, 0.1) is 6.54 Å². The molecular weight excluding hydrogens is 354 g/mol. The van der Waals surface area contributed by atoms with Crippen LogP contribution >= 0.6 is 11.6 Å². The lowest BCUT2D eigenvalue weighted by Crippen LogP contribution is -2.52. The predicted molar refractivity (Wildman–Crippen MR) is 101 cm³/mol. The summed E-state index contributed by atoms with van der Waals surface area (Å²) in [5, 5.41) is 5.99. The smallest absolute Gasteiger partial charge is 0.251 e. The maximum absolute atomic E-state index is 12.6. The van der Waals surface area contributed by atoms with Crippen LogP contribution in [0.5, 0.6) is 0 Å². The molecule has 3 amide bonds. The molecule has 2 unspecified atom stereocenters. The van der Waals surface area contributed by atoms with Gasteiger partial charge in [-0.1, -0.05) is 31.9 Å². The van der Waals surface area contributed by atoms with Crippen LogP contribution in [0.25, 0.3) is 0 Å². The van der Waals surface area contributed by atoms with E-state index in [-0.39, 0.29) is 30.2 Å². The van der Waals surface area contributed by atoms with E-state index in [4.69, 9.17) is 11.6 Å². The number of nitrogens with zero attached hydrogens (tertiary/aromatic N) is 1. The van der Waals surface area contributed by atoms with Crippen LogP contribution in [0.2, 0.25) is 5.02 Å². The highest BCUT2D eigenvalue weighted by atomic mass is 35.5. The molecule has 7 heteroatoms. The lowest BCUT2D eigenvalue weighted by Gasteiger charge is -2.24. The Hall–Kier alpha value is -2.08. The Labute approximate surface area is 159 Å². The highest BCUT2D eigenvalue weighted by Gasteiger charge is 2.27. The number of benzene rings is 1. The molecule has 2 rings (SSSR count). The van der Waals surface area contributed by atoms with E-state index in [0.717, 1.165) is 32.4 Å². The number of carbonyl (C=O) groups excluding carboxylic acids is 3. The van der Waals surface area contributed by atoms with Gasteiger partial charge in [-0.05, 0) is 43.0 Å². The Bertz CT molecular complexity index is 642. The van der Waals surface area contributed by atoms with Gasteiger partial charge in [0.2, 0.25) is 11.8 Å². The minimum absolute atomic E-state index is 0.0391. The van der Waals surface area contributed by atoms with Crippen molar-refractivity contribution in [3.63, 3.8) is 0 Å². The third-order valence-corrected chi connectivity index (χ3v) is 5.01. The van der Waals surface area contributed by atoms with Crippen LogP contribution in [0.4, 0.5) is 0 Å². The first-order valence-electron chi connectivity index (χ1n) is 9.04. The first-order chi connectivity index (χ1) is 12.4. The number of likely N-dealkylation sites (tertiary alicyclic amines) is 1. The molecule has 2 atom stereocenters. The summed E-state index contributed by atoms with van der Waals surface area (Å²) in [6.45, 7) is 5.31. The molecule has 0 aliphatic carbocycles. The summed E-state index contributed by atoms with van der Waals surface area (Å²) in [6.07, 6.45) is 2.73. The molecule has 26 heavy (non-hydrogen) atoms. The molecule has 1 saturated heterocycles. The minimum Gasteiger partial charge on any atom is -0.345 e. The van der Waals surface area contributed by atoms with Gasteiger partial charge in [0.15, 0.2) is 0 Å². The van der Waals surface area contributed by atoms with E-state index in [0.29, 0.717) is 10.6 Å². The lowest BCUT2D eigenvalue weighted by molar-refractivity contribution is -0.132. The fourth-order valence-corrected chi connectivity index (χ4v) is 3.00. The number of amides is 3. The number of halogens is 1. The molecular formula is C19H26ClN3O3. The SMILES string of the molecule is CCC(C)C(NC(=O)c1ccc(Cl)cc1)C(=O)NCC(=O)N1CCCC1. The van der Waals surface area contributed by atoms with E-state index in [2.05, 4.69) is 10.6 Å². The molecule has 142 valence electrons. The maximum atomic E-state index is 12.6. The summed E-state index contributed by atoms with van der Waals surface area (Å²) in [6, 6.07) is 5.78. The van der Waals surface area contributed by atoms with Gasteiger partial charge in [-0.15, -0.1) is 0 Å². The third-order valence-electron chi connectivity index (χ3n) is 4.76. The van der Waals surface area contributed by atoms with E-state index >= 15 is 0 Å². The molecule has 0 aromatic heterocycles. The molecule has 2 N–H and O–H groups in total. The van der Waals surface area contributed by atoms with Crippen LogP contribution in [-0.2, 0) is 9.59 Å². The second kappa shape index (κ2) is 9.57. The molecule has 0 spiro atoms. The van der Waals surface area contributed by atoms with Gasteiger partial charge < -0.3 is 15.5 Å². The molecule has 0 saturated carbocycles. The molecule has 6 nitrogen and oxygen atoms in total. The highest BCUT2D eigenvalue weighted by Crippen LogP contribution is 2.12. The molecule has 1 aromatic carbocycles. The molecule has 1 heterocycles. The number of rotatable bonds is 7. The fraction of sp³-hybridized carbons (Fsp3) is 0.526. The third kappa shape index (κ3) is 5.46. The quantitative estimate of drug-likeness (QED) is 0.762. The maximum Gasteiger partial charge on any atom is 0.251 e. The van der Waals surface area contributed by atoms with Crippen LogP contribution in [0.1, 0.15) is 43.5 Å². The Morgan fingerprint density at radius 3 is 2.35 bits per heavy atom. The van der Waals surface area contributed by atoms with Crippen LogP contribution < -0.4 is 10.6 Å². The fourth-order valence-electron chi connectivity index (χ4n) is 2.88. The molecule has 0 radical (unpaired) electrons. The highest BCUT2D eigenvalue weighted by molar-refractivity contribution is 6.30. The van der Waals surface area contributed by atoms with Crippen LogP contribution in [0, 0.1) is 5.92 Å². The Balaban J connectivity index is 1.96. The van der Waals surface area contributed by atoms with Gasteiger partial charge in [0.25, 0.3) is 5.91 Å². The minimum atomic E-state index is -0.699. The van der Waals surface area contributed by atoms with Gasteiger partial charge >= 0.3 is 0 Å². The Morgan fingerprint density at radius 1 is 1.15 bits per heavy atom. The van der Waals surface area contributed by atoms with Crippen molar-refractivity contribution in [2.24, 2.45) is 5.92 Å². The van der Waals surface area contributed by atoms with E-state index in [1.54, 1.807) is 29.2 Å². The predicted octanol–water partition coefficient (Wildman–Crippen LogP) is 2.22. The zero-order valence-corrected chi connectivity index (χ0v) is 16.0. The van der Waals surface area contributed by atoms with Crippen molar-refractivity contribution in [2.45, 2.75) is 39.2 Å². The second-order valence-corrected chi connectivity index (χ2v) is 7.09. The average molecular weight is 380 g/mol. The van der Waals surface area contributed by atoms with E-state index in [1.807, 2.05) is 13.8 Å². The summed E-state index contributed by atoms with van der Waals surface area (Å²) in [5.41, 5.74) is 0.434. The summed E-state index contributed by atoms with van der Waals surface area (Å²) in [5.74, 6) is -0.821. The van der Waals surface area contributed by atoms with E-state index < -0.39 is 6.04 Å². The standard InChI is InChI=1S/C19H26ClN3O3/c1-3-13(2)17(22-18(25)14-6-8-15(20)9-7-14)19(26)21-12-16(24)23-10-4-5-11-23/h6-9,13,17H,3-5,10-12H2,1-2H3,(H,21,26)(H,22,25). The van der Waals surface area contributed by atoms with Crippen molar-refractivity contribution in [1.29, 1.82) is 0 Å². The zero-order chi connectivity index (χ0) is 19.1. The molecule has 1 aliphatic heterocycles.